The minimum absolute atomic E-state index is 0.169. The molecule has 6 nitrogen and oxygen atoms in total. The molecule has 0 radical (unpaired) electrons. The molecule has 0 spiro atoms. The number of amides is 2. The van der Waals surface area contributed by atoms with Crippen molar-refractivity contribution in [3.8, 4) is 0 Å². The molecule has 2 amide bonds. The maximum absolute atomic E-state index is 11.7. The first kappa shape index (κ1) is 11.4. The zero-order valence-electron chi connectivity index (χ0n) is 9.73. The molecule has 1 aromatic rings. The molecule has 0 aromatic carbocycles. The van der Waals surface area contributed by atoms with Gasteiger partial charge < -0.3 is 10.6 Å². The number of nitrogens with one attached hydrogen (secondary N) is 2. The normalized spacial score (nSPS) is 19.6. The zero-order chi connectivity index (χ0) is 12.4. The van der Waals surface area contributed by atoms with Crippen LogP contribution in [0.4, 0.5) is 11.6 Å². The van der Waals surface area contributed by atoms with E-state index in [1.54, 1.807) is 13.1 Å². The first-order valence-corrected chi connectivity index (χ1v) is 5.33. The summed E-state index contributed by atoms with van der Waals surface area (Å²) < 4.78 is 0. The lowest BCUT2D eigenvalue weighted by Crippen LogP contribution is -2.32. The number of hydrogen-bond donors (Lipinski definition) is 2. The Labute approximate surface area is 99.0 Å². The van der Waals surface area contributed by atoms with Crippen LogP contribution in [0.2, 0.25) is 0 Å². The average Bonchev–Trinajstić information content (AvgIpc) is 2.57. The number of hydrogen-bond acceptors (Lipinski definition) is 5. The maximum Gasteiger partial charge on any atom is 0.251 e. The summed E-state index contributed by atoms with van der Waals surface area (Å²) in [5.41, 5.74) is 0. The first-order chi connectivity index (χ1) is 8.11. The van der Waals surface area contributed by atoms with Gasteiger partial charge in [-0.25, -0.2) is 4.98 Å². The fraction of sp³-hybridized carbons (Fsp3) is 0.364. The van der Waals surface area contributed by atoms with Crippen LogP contribution < -0.4 is 10.6 Å². The van der Waals surface area contributed by atoms with E-state index >= 15 is 0 Å². The monoisotopic (exact) mass is 234 g/mol. The Morgan fingerprint density at radius 1 is 1.35 bits per heavy atom. The lowest BCUT2D eigenvalue weighted by molar-refractivity contribution is -0.136. The van der Waals surface area contributed by atoms with Gasteiger partial charge in [0, 0.05) is 14.1 Å². The lowest BCUT2D eigenvalue weighted by Gasteiger charge is -2.12. The summed E-state index contributed by atoms with van der Waals surface area (Å²) in [5.74, 6) is 0.905. The van der Waals surface area contributed by atoms with Crippen molar-refractivity contribution in [3.63, 3.8) is 0 Å². The number of imide groups is 1. The van der Waals surface area contributed by atoms with Crippen LogP contribution in [0.5, 0.6) is 0 Å². The molecule has 90 valence electrons. The molecule has 0 saturated carbocycles. The van der Waals surface area contributed by atoms with Gasteiger partial charge in [-0.05, 0) is 12.1 Å². The first-order valence-electron chi connectivity index (χ1n) is 5.33. The fourth-order valence-corrected chi connectivity index (χ4v) is 1.70. The highest BCUT2D eigenvalue weighted by Gasteiger charge is 2.36. The van der Waals surface area contributed by atoms with Gasteiger partial charge in [-0.3, -0.25) is 14.5 Å². The van der Waals surface area contributed by atoms with Crippen LogP contribution in [-0.2, 0) is 9.59 Å². The number of pyridine rings is 1. The van der Waals surface area contributed by atoms with E-state index in [-0.39, 0.29) is 18.2 Å². The van der Waals surface area contributed by atoms with Crippen LogP contribution in [-0.4, -0.2) is 41.8 Å². The van der Waals surface area contributed by atoms with Gasteiger partial charge in [0.1, 0.15) is 17.7 Å². The molecule has 2 rings (SSSR count). The summed E-state index contributed by atoms with van der Waals surface area (Å²) in [6.45, 7) is 0. The number of likely N-dealkylation sites (tertiary alicyclic amines) is 1. The van der Waals surface area contributed by atoms with Gasteiger partial charge in [0.2, 0.25) is 5.91 Å². The highest BCUT2D eigenvalue weighted by molar-refractivity contribution is 6.06. The molecule has 1 aromatic heterocycles. The van der Waals surface area contributed by atoms with Crippen molar-refractivity contribution in [2.75, 3.05) is 24.7 Å². The SMILES string of the molecule is CNc1cccc(NC2CC(=O)N(C)C2=O)n1. The van der Waals surface area contributed by atoms with Crippen molar-refractivity contribution in [1.82, 2.24) is 9.88 Å². The van der Waals surface area contributed by atoms with Crippen molar-refractivity contribution in [1.29, 1.82) is 0 Å². The molecule has 1 aliphatic rings. The van der Waals surface area contributed by atoms with Crippen molar-refractivity contribution < 1.29 is 9.59 Å². The van der Waals surface area contributed by atoms with Crippen molar-refractivity contribution in [2.24, 2.45) is 0 Å². The summed E-state index contributed by atoms with van der Waals surface area (Å²) in [5, 5.41) is 5.87. The Morgan fingerprint density at radius 3 is 2.65 bits per heavy atom. The molecule has 1 saturated heterocycles. The van der Waals surface area contributed by atoms with Gasteiger partial charge in [0.25, 0.3) is 5.91 Å². The Hall–Kier alpha value is -2.11. The van der Waals surface area contributed by atoms with Crippen molar-refractivity contribution in [2.45, 2.75) is 12.5 Å². The Balaban J connectivity index is 2.11. The lowest BCUT2D eigenvalue weighted by atomic mass is 10.2. The molecule has 0 bridgehead atoms. The van der Waals surface area contributed by atoms with E-state index in [0.29, 0.717) is 11.6 Å². The van der Waals surface area contributed by atoms with Crippen molar-refractivity contribution in [3.05, 3.63) is 18.2 Å². The van der Waals surface area contributed by atoms with Gasteiger partial charge in [-0.2, -0.15) is 0 Å². The smallest absolute Gasteiger partial charge is 0.251 e. The summed E-state index contributed by atoms with van der Waals surface area (Å²) in [6, 6.07) is 4.90. The average molecular weight is 234 g/mol. The predicted molar refractivity (Wildman–Crippen MR) is 63.6 cm³/mol. The molecule has 17 heavy (non-hydrogen) atoms. The van der Waals surface area contributed by atoms with Crippen LogP contribution in [0.25, 0.3) is 0 Å². The number of carbonyl (C=O) groups excluding carboxylic acids is 2. The second-order valence-corrected chi connectivity index (χ2v) is 3.85. The van der Waals surface area contributed by atoms with E-state index in [1.807, 2.05) is 12.1 Å². The van der Waals surface area contributed by atoms with Gasteiger partial charge in [0.05, 0.1) is 6.42 Å². The summed E-state index contributed by atoms with van der Waals surface area (Å²) in [7, 11) is 3.26. The molecule has 1 fully saturated rings. The summed E-state index contributed by atoms with van der Waals surface area (Å²) in [4.78, 5) is 28.4. The minimum atomic E-state index is -0.507. The van der Waals surface area contributed by atoms with Crippen LogP contribution in [0.3, 0.4) is 0 Å². The third kappa shape index (κ3) is 2.20. The van der Waals surface area contributed by atoms with Crippen LogP contribution in [0.1, 0.15) is 6.42 Å². The molecular weight excluding hydrogens is 220 g/mol. The van der Waals surface area contributed by atoms with Gasteiger partial charge in [-0.1, -0.05) is 6.07 Å². The highest BCUT2D eigenvalue weighted by atomic mass is 16.2. The molecule has 0 aliphatic carbocycles. The van der Waals surface area contributed by atoms with Crippen LogP contribution >= 0.6 is 0 Å². The standard InChI is InChI=1S/C11H14N4O2/c1-12-8-4-3-5-9(14-8)13-7-6-10(16)15(2)11(7)17/h3-5,7H,6H2,1-2H3,(H2,12,13,14). The third-order valence-corrected chi connectivity index (χ3v) is 2.71. The topological polar surface area (TPSA) is 74.3 Å². The van der Waals surface area contributed by atoms with E-state index in [0.717, 1.165) is 4.90 Å². The predicted octanol–water partition coefficient (Wildman–Crippen LogP) is 0.292. The second kappa shape index (κ2) is 4.40. The summed E-state index contributed by atoms with van der Waals surface area (Å²) >= 11 is 0. The quantitative estimate of drug-likeness (QED) is 0.735. The number of aromatic nitrogens is 1. The Morgan fingerprint density at radius 2 is 2.06 bits per heavy atom. The number of nitrogens with zero attached hydrogens (tertiary/aromatic N) is 2. The molecular formula is C11H14N4O2. The Bertz CT molecular complexity index is 461. The molecule has 2 N–H and O–H groups in total. The minimum Gasteiger partial charge on any atom is -0.373 e. The zero-order valence-corrected chi connectivity index (χ0v) is 9.73. The van der Waals surface area contributed by atoms with Gasteiger partial charge in [0.15, 0.2) is 0 Å². The van der Waals surface area contributed by atoms with Gasteiger partial charge >= 0.3 is 0 Å². The third-order valence-electron chi connectivity index (χ3n) is 2.71. The fourth-order valence-electron chi connectivity index (χ4n) is 1.70. The van der Waals surface area contributed by atoms with E-state index < -0.39 is 6.04 Å². The summed E-state index contributed by atoms with van der Waals surface area (Å²) in [6.07, 6.45) is 0.181. The Kier molecular flexibility index (Phi) is 2.95. The largest absolute Gasteiger partial charge is 0.373 e. The second-order valence-electron chi connectivity index (χ2n) is 3.85. The number of anilines is 2. The van der Waals surface area contributed by atoms with E-state index in [4.69, 9.17) is 0 Å². The van der Waals surface area contributed by atoms with E-state index in [1.165, 1.54) is 7.05 Å². The molecule has 2 heterocycles. The van der Waals surface area contributed by atoms with E-state index in [2.05, 4.69) is 15.6 Å². The van der Waals surface area contributed by atoms with Gasteiger partial charge in [-0.15, -0.1) is 0 Å². The molecule has 1 aliphatic heterocycles. The molecule has 1 unspecified atom stereocenters. The van der Waals surface area contributed by atoms with Crippen molar-refractivity contribution >= 4 is 23.5 Å². The number of rotatable bonds is 3. The van der Waals surface area contributed by atoms with Crippen LogP contribution in [0.15, 0.2) is 18.2 Å². The highest BCUT2D eigenvalue weighted by Crippen LogP contribution is 2.16. The number of carbonyl (C=O) groups is 2. The molecule has 1 atom stereocenters. The number of likely N-dealkylation sites (N-methyl/N-ethyl adjacent to an activating group) is 1. The molecule has 6 heteroatoms. The maximum atomic E-state index is 11.7. The van der Waals surface area contributed by atoms with Crippen LogP contribution in [0, 0.1) is 0 Å². The van der Waals surface area contributed by atoms with E-state index in [9.17, 15) is 9.59 Å².